The zero-order valence-corrected chi connectivity index (χ0v) is 18.4. The van der Waals surface area contributed by atoms with Crippen LogP contribution in [0.3, 0.4) is 0 Å². The highest BCUT2D eigenvalue weighted by atomic mass is 16.5. The number of aromatic nitrogens is 2. The number of aromatic amines is 1. The predicted octanol–water partition coefficient (Wildman–Crippen LogP) is 1.77. The SMILES string of the molecule is CCc1cn([C@@H]2CC(O)[C@H](CNC(=O)Cc3ccc(-c4ccccc4)cc3)O2)c(=O)[nH]c1=O. The summed E-state index contributed by atoms with van der Waals surface area (Å²) in [5, 5.41) is 13.2. The molecule has 8 heteroatoms. The molecular formula is C25H27N3O5. The Morgan fingerprint density at radius 2 is 1.82 bits per heavy atom. The lowest BCUT2D eigenvalue weighted by atomic mass is 10.0. The molecule has 1 fully saturated rings. The maximum atomic E-state index is 12.4. The van der Waals surface area contributed by atoms with Crippen LogP contribution in [-0.2, 0) is 22.4 Å². The molecule has 3 aromatic rings. The molecule has 172 valence electrons. The number of amides is 1. The first-order chi connectivity index (χ1) is 15.9. The highest BCUT2D eigenvalue weighted by Gasteiger charge is 2.35. The molecule has 0 spiro atoms. The van der Waals surface area contributed by atoms with Gasteiger partial charge in [0.15, 0.2) is 0 Å². The molecule has 0 saturated carbocycles. The van der Waals surface area contributed by atoms with Gasteiger partial charge < -0.3 is 15.2 Å². The van der Waals surface area contributed by atoms with Crippen LogP contribution in [0.4, 0.5) is 0 Å². The quantitative estimate of drug-likeness (QED) is 0.509. The summed E-state index contributed by atoms with van der Waals surface area (Å²) in [6.07, 6.45) is 0.140. The van der Waals surface area contributed by atoms with Gasteiger partial charge in [-0.1, -0.05) is 61.5 Å². The van der Waals surface area contributed by atoms with Gasteiger partial charge in [0.25, 0.3) is 5.56 Å². The number of aliphatic hydroxyl groups excluding tert-OH is 1. The molecule has 8 nitrogen and oxygen atoms in total. The van der Waals surface area contributed by atoms with E-state index in [1.165, 1.54) is 10.8 Å². The Labute approximate surface area is 190 Å². The van der Waals surface area contributed by atoms with Gasteiger partial charge in [0.05, 0.1) is 12.5 Å². The Morgan fingerprint density at radius 1 is 1.12 bits per heavy atom. The molecule has 1 unspecified atom stereocenters. The van der Waals surface area contributed by atoms with E-state index in [-0.39, 0.29) is 25.3 Å². The molecule has 1 saturated heterocycles. The van der Waals surface area contributed by atoms with E-state index in [0.717, 1.165) is 16.7 Å². The van der Waals surface area contributed by atoms with E-state index in [9.17, 15) is 19.5 Å². The Morgan fingerprint density at radius 3 is 2.52 bits per heavy atom. The lowest BCUT2D eigenvalue weighted by Crippen LogP contribution is -2.38. The van der Waals surface area contributed by atoms with E-state index in [0.29, 0.717) is 12.0 Å². The third kappa shape index (κ3) is 5.30. The monoisotopic (exact) mass is 449 g/mol. The van der Waals surface area contributed by atoms with Crippen molar-refractivity contribution in [2.24, 2.45) is 0 Å². The molecule has 0 aliphatic carbocycles. The maximum Gasteiger partial charge on any atom is 0.330 e. The van der Waals surface area contributed by atoms with Gasteiger partial charge in [-0.2, -0.15) is 0 Å². The normalized spacial score (nSPS) is 20.0. The smallest absolute Gasteiger partial charge is 0.330 e. The zero-order chi connectivity index (χ0) is 23.4. The summed E-state index contributed by atoms with van der Waals surface area (Å²) in [5.41, 5.74) is 2.53. The molecule has 1 aliphatic rings. The number of carbonyl (C=O) groups excluding carboxylic acids is 1. The second-order valence-electron chi connectivity index (χ2n) is 8.15. The lowest BCUT2D eigenvalue weighted by molar-refractivity contribution is -0.121. The van der Waals surface area contributed by atoms with Gasteiger partial charge in [0, 0.05) is 24.7 Å². The average molecular weight is 450 g/mol. The third-order valence-electron chi connectivity index (χ3n) is 5.86. The number of aryl methyl sites for hydroxylation is 1. The standard InChI is InChI=1S/C25H27N3O5/c1-2-17-15-28(25(32)27-24(17)31)23-13-20(29)21(33-23)14-26-22(30)12-16-8-10-19(11-9-16)18-6-4-3-5-7-18/h3-11,15,20-21,23,29H,2,12-14H2,1H3,(H,26,30)(H,27,31,32)/t20?,21-,23-/m0/s1. The Bertz CT molecular complexity index is 1220. The predicted molar refractivity (Wildman–Crippen MR) is 124 cm³/mol. The Balaban J connectivity index is 1.32. The summed E-state index contributed by atoms with van der Waals surface area (Å²) in [5.74, 6) is -0.184. The van der Waals surface area contributed by atoms with Crippen molar-refractivity contribution in [2.75, 3.05) is 6.54 Å². The molecule has 3 N–H and O–H groups in total. The lowest BCUT2D eigenvalue weighted by Gasteiger charge is -2.17. The van der Waals surface area contributed by atoms with Gasteiger partial charge in [-0.05, 0) is 23.1 Å². The van der Waals surface area contributed by atoms with Gasteiger partial charge in [-0.25, -0.2) is 4.79 Å². The first-order valence-corrected chi connectivity index (χ1v) is 11.0. The number of hydrogen-bond donors (Lipinski definition) is 3. The van der Waals surface area contributed by atoms with Crippen LogP contribution in [0.15, 0.2) is 70.4 Å². The average Bonchev–Trinajstić information content (AvgIpc) is 3.19. The van der Waals surface area contributed by atoms with Crippen molar-refractivity contribution in [2.45, 2.75) is 44.6 Å². The molecule has 1 amide bonds. The third-order valence-corrected chi connectivity index (χ3v) is 5.86. The summed E-state index contributed by atoms with van der Waals surface area (Å²) in [7, 11) is 0. The fraction of sp³-hybridized carbons (Fsp3) is 0.320. The molecular weight excluding hydrogens is 422 g/mol. The zero-order valence-electron chi connectivity index (χ0n) is 18.4. The summed E-state index contributed by atoms with van der Waals surface area (Å²) >= 11 is 0. The van der Waals surface area contributed by atoms with E-state index in [4.69, 9.17) is 4.74 Å². The number of benzene rings is 2. The van der Waals surface area contributed by atoms with E-state index in [1.54, 1.807) is 0 Å². The molecule has 2 heterocycles. The van der Waals surface area contributed by atoms with Gasteiger partial charge in [0.1, 0.15) is 12.3 Å². The second kappa shape index (κ2) is 9.97. The number of ether oxygens (including phenoxy) is 1. The Hall–Kier alpha value is -3.49. The molecule has 0 bridgehead atoms. The minimum absolute atomic E-state index is 0.122. The molecule has 4 rings (SSSR count). The largest absolute Gasteiger partial charge is 0.390 e. The van der Waals surface area contributed by atoms with Crippen LogP contribution in [-0.4, -0.2) is 39.3 Å². The number of nitrogens with zero attached hydrogens (tertiary/aromatic N) is 1. The topological polar surface area (TPSA) is 113 Å². The van der Waals surface area contributed by atoms with E-state index >= 15 is 0 Å². The first-order valence-electron chi connectivity index (χ1n) is 11.0. The van der Waals surface area contributed by atoms with Crippen LogP contribution in [0.5, 0.6) is 0 Å². The Kier molecular flexibility index (Phi) is 6.86. The fourth-order valence-electron chi connectivity index (χ4n) is 3.97. The van der Waals surface area contributed by atoms with Crippen molar-refractivity contribution in [3.8, 4) is 11.1 Å². The number of aliphatic hydroxyl groups is 1. The van der Waals surface area contributed by atoms with Crippen molar-refractivity contribution in [3.05, 3.63) is 92.8 Å². The van der Waals surface area contributed by atoms with E-state index in [2.05, 4.69) is 10.3 Å². The molecule has 2 aromatic carbocycles. The van der Waals surface area contributed by atoms with Gasteiger partial charge in [-0.15, -0.1) is 0 Å². The summed E-state index contributed by atoms with van der Waals surface area (Å²) in [6, 6.07) is 17.8. The minimum Gasteiger partial charge on any atom is -0.390 e. The highest BCUT2D eigenvalue weighted by molar-refractivity contribution is 5.78. The highest BCUT2D eigenvalue weighted by Crippen LogP contribution is 2.27. The van der Waals surface area contributed by atoms with Crippen molar-refractivity contribution < 1.29 is 14.6 Å². The number of carbonyl (C=O) groups is 1. The van der Waals surface area contributed by atoms with Crippen molar-refractivity contribution >= 4 is 5.91 Å². The van der Waals surface area contributed by atoms with Crippen LogP contribution in [0.25, 0.3) is 11.1 Å². The van der Waals surface area contributed by atoms with Gasteiger partial charge in [0.2, 0.25) is 5.91 Å². The van der Waals surface area contributed by atoms with Crippen molar-refractivity contribution in [1.29, 1.82) is 0 Å². The summed E-state index contributed by atoms with van der Waals surface area (Å²) < 4.78 is 7.11. The van der Waals surface area contributed by atoms with Crippen LogP contribution < -0.4 is 16.6 Å². The van der Waals surface area contributed by atoms with E-state index < -0.39 is 29.7 Å². The van der Waals surface area contributed by atoms with Crippen LogP contribution in [0, 0.1) is 0 Å². The minimum atomic E-state index is -0.843. The fourth-order valence-corrected chi connectivity index (χ4v) is 3.97. The maximum absolute atomic E-state index is 12.4. The summed E-state index contributed by atoms with van der Waals surface area (Å²) in [6.45, 7) is 1.94. The summed E-state index contributed by atoms with van der Waals surface area (Å²) in [4.78, 5) is 38.6. The van der Waals surface area contributed by atoms with E-state index in [1.807, 2.05) is 61.5 Å². The number of nitrogens with one attached hydrogen (secondary N) is 2. The van der Waals surface area contributed by atoms with Gasteiger partial charge in [-0.3, -0.25) is 19.1 Å². The van der Waals surface area contributed by atoms with Crippen LogP contribution in [0.1, 0.15) is 30.7 Å². The molecule has 33 heavy (non-hydrogen) atoms. The number of hydrogen-bond acceptors (Lipinski definition) is 5. The van der Waals surface area contributed by atoms with Crippen molar-refractivity contribution in [3.63, 3.8) is 0 Å². The second-order valence-corrected chi connectivity index (χ2v) is 8.15. The van der Waals surface area contributed by atoms with Crippen LogP contribution in [0.2, 0.25) is 0 Å². The molecule has 1 aromatic heterocycles. The van der Waals surface area contributed by atoms with Gasteiger partial charge >= 0.3 is 5.69 Å². The first kappa shape index (κ1) is 22.7. The number of H-pyrrole nitrogens is 1. The molecule has 1 aliphatic heterocycles. The van der Waals surface area contributed by atoms with Crippen LogP contribution >= 0.6 is 0 Å². The molecule has 3 atom stereocenters. The number of rotatable bonds is 7. The van der Waals surface area contributed by atoms with Crippen molar-refractivity contribution in [1.82, 2.24) is 14.9 Å². The molecule has 0 radical (unpaired) electrons.